The molecule has 0 fully saturated rings. The molecule has 0 radical (unpaired) electrons. The number of hydrogen-bond donors (Lipinski definition) is 1. The normalized spacial score (nSPS) is 12.1. The fraction of sp³-hybridized carbons (Fsp3) is 0.188. The van der Waals surface area contributed by atoms with Gasteiger partial charge in [0.25, 0.3) is 0 Å². The Hall–Kier alpha value is -3.82. The highest BCUT2D eigenvalue weighted by atomic mass is 16.5. The second-order valence-corrected chi connectivity index (χ2v) is 8.71. The second-order valence-electron chi connectivity index (χ2n) is 8.71. The summed E-state index contributed by atoms with van der Waals surface area (Å²) in [6.07, 6.45) is 0. The van der Waals surface area contributed by atoms with Gasteiger partial charge >= 0.3 is 0 Å². The van der Waals surface area contributed by atoms with Crippen LogP contribution in [0, 0.1) is 0 Å². The maximum atomic E-state index is 5.93. The highest BCUT2D eigenvalue weighted by Gasteiger charge is 2.21. The van der Waals surface area contributed by atoms with Gasteiger partial charge in [0.2, 0.25) is 0 Å². The van der Waals surface area contributed by atoms with Gasteiger partial charge in [-0.25, -0.2) is 0 Å². The van der Waals surface area contributed by atoms with E-state index in [4.69, 9.17) is 9.47 Å². The lowest BCUT2D eigenvalue weighted by atomic mass is 9.81. The largest absolute Gasteiger partial charge is 0.497 e. The lowest BCUT2D eigenvalue weighted by Gasteiger charge is -2.22. The molecule has 0 amide bonds. The molecule has 0 aromatic heterocycles. The third kappa shape index (κ3) is 4.87. The summed E-state index contributed by atoms with van der Waals surface area (Å²) >= 11 is 0. The molecule has 1 atom stereocenters. The van der Waals surface area contributed by atoms with E-state index < -0.39 is 0 Å². The summed E-state index contributed by atoms with van der Waals surface area (Å²) < 4.78 is 11.4. The van der Waals surface area contributed by atoms with Crippen LogP contribution in [-0.4, -0.2) is 26.8 Å². The fourth-order valence-corrected chi connectivity index (χ4v) is 4.84. The molecular weight excluding hydrogens is 430 g/mol. The molecule has 5 aromatic rings. The molecule has 0 aliphatic rings. The Labute approximate surface area is 207 Å². The molecule has 0 spiro atoms. The van der Waals surface area contributed by atoms with Crippen molar-refractivity contribution in [3.63, 3.8) is 0 Å². The van der Waals surface area contributed by atoms with Crippen molar-refractivity contribution in [1.82, 2.24) is 5.32 Å². The first kappa shape index (κ1) is 22.9. The standard InChI is InChI=1S/C32H31NO2/c1-3-33-20-21-35-27-18-14-24(15-19-27)32(23-12-16-26(34-2)17-13-23)31-22-25-8-4-5-9-28(25)29-10-6-7-11-30(29)31/h4-19,22,32-33H,3,20-21H2,1-2H3. The van der Waals surface area contributed by atoms with Crippen LogP contribution in [0.1, 0.15) is 29.5 Å². The number of nitrogens with one attached hydrogen (secondary N) is 1. The van der Waals surface area contributed by atoms with E-state index in [1.54, 1.807) is 7.11 Å². The van der Waals surface area contributed by atoms with Crippen LogP contribution in [0.4, 0.5) is 0 Å². The second kappa shape index (κ2) is 10.6. The lowest BCUT2D eigenvalue weighted by Crippen LogP contribution is -2.20. The summed E-state index contributed by atoms with van der Waals surface area (Å²) in [4.78, 5) is 0. The number of likely N-dealkylation sites (N-methyl/N-ethyl adjacent to an activating group) is 1. The Kier molecular flexibility index (Phi) is 6.97. The van der Waals surface area contributed by atoms with E-state index in [1.807, 2.05) is 12.1 Å². The van der Waals surface area contributed by atoms with Gasteiger partial charge in [-0.1, -0.05) is 79.7 Å². The van der Waals surface area contributed by atoms with E-state index in [0.29, 0.717) is 6.61 Å². The first-order chi connectivity index (χ1) is 17.3. The average Bonchev–Trinajstić information content (AvgIpc) is 2.92. The minimum atomic E-state index is 0.0752. The van der Waals surface area contributed by atoms with Gasteiger partial charge in [0.05, 0.1) is 7.11 Å². The Balaban J connectivity index is 1.63. The molecule has 0 heterocycles. The molecule has 0 bridgehead atoms. The van der Waals surface area contributed by atoms with Gasteiger partial charge < -0.3 is 14.8 Å². The molecule has 5 rings (SSSR count). The number of ether oxygens (including phenoxy) is 2. The zero-order valence-corrected chi connectivity index (χ0v) is 20.3. The molecule has 1 unspecified atom stereocenters. The van der Waals surface area contributed by atoms with Crippen molar-refractivity contribution < 1.29 is 9.47 Å². The summed E-state index contributed by atoms with van der Waals surface area (Å²) in [6.45, 7) is 4.55. The number of benzene rings is 5. The monoisotopic (exact) mass is 461 g/mol. The van der Waals surface area contributed by atoms with Gasteiger partial charge in [-0.2, -0.15) is 0 Å². The number of methoxy groups -OCH3 is 1. The van der Waals surface area contributed by atoms with Gasteiger partial charge in [0.1, 0.15) is 18.1 Å². The quantitative estimate of drug-likeness (QED) is 0.143. The first-order valence-electron chi connectivity index (χ1n) is 12.3. The van der Waals surface area contributed by atoms with Crippen LogP contribution in [0.2, 0.25) is 0 Å². The molecule has 35 heavy (non-hydrogen) atoms. The molecule has 176 valence electrons. The molecule has 0 saturated heterocycles. The van der Waals surface area contributed by atoms with Crippen molar-refractivity contribution in [1.29, 1.82) is 0 Å². The third-order valence-electron chi connectivity index (χ3n) is 6.57. The lowest BCUT2D eigenvalue weighted by molar-refractivity contribution is 0.315. The van der Waals surface area contributed by atoms with Crippen LogP contribution in [0.3, 0.4) is 0 Å². The predicted molar refractivity (Wildman–Crippen MR) is 146 cm³/mol. The summed E-state index contributed by atoms with van der Waals surface area (Å²) in [5.74, 6) is 1.83. The fourth-order valence-electron chi connectivity index (χ4n) is 4.84. The predicted octanol–water partition coefficient (Wildman–Crippen LogP) is 7.17. The zero-order valence-electron chi connectivity index (χ0n) is 20.3. The molecule has 3 nitrogen and oxygen atoms in total. The van der Waals surface area contributed by atoms with Crippen LogP contribution in [0.15, 0.2) is 103 Å². The van der Waals surface area contributed by atoms with Crippen LogP contribution in [0.5, 0.6) is 11.5 Å². The van der Waals surface area contributed by atoms with Crippen molar-refractivity contribution in [3.05, 3.63) is 120 Å². The third-order valence-corrected chi connectivity index (χ3v) is 6.57. The topological polar surface area (TPSA) is 30.5 Å². The van der Waals surface area contributed by atoms with Crippen molar-refractivity contribution in [2.75, 3.05) is 26.8 Å². The molecule has 3 heteroatoms. The van der Waals surface area contributed by atoms with E-state index >= 15 is 0 Å². The molecule has 0 aliphatic heterocycles. The van der Waals surface area contributed by atoms with Crippen LogP contribution >= 0.6 is 0 Å². The summed E-state index contributed by atoms with van der Waals surface area (Å²) in [5, 5.41) is 8.39. The Morgan fingerprint density at radius 3 is 1.94 bits per heavy atom. The first-order valence-corrected chi connectivity index (χ1v) is 12.3. The van der Waals surface area contributed by atoms with Crippen molar-refractivity contribution >= 4 is 21.5 Å². The van der Waals surface area contributed by atoms with Crippen LogP contribution in [-0.2, 0) is 0 Å². The minimum absolute atomic E-state index is 0.0752. The van der Waals surface area contributed by atoms with Gasteiger partial charge in [-0.15, -0.1) is 0 Å². The van der Waals surface area contributed by atoms with Gasteiger partial charge in [0, 0.05) is 12.5 Å². The maximum Gasteiger partial charge on any atom is 0.119 e. The van der Waals surface area contributed by atoms with Crippen molar-refractivity contribution in [2.24, 2.45) is 0 Å². The van der Waals surface area contributed by atoms with Crippen LogP contribution in [0.25, 0.3) is 21.5 Å². The molecule has 0 saturated carbocycles. The smallest absolute Gasteiger partial charge is 0.119 e. The Morgan fingerprint density at radius 2 is 1.29 bits per heavy atom. The summed E-state index contributed by atoms with van der Waals surface area (Å²) in [5.41, 5.74) is 3.76. The summed E-state index contributed by atoms with van der Waals surface area (Å²) in [7, 11) is 1.71. The number of rotatable bonds is 9. The van der Waals surface area contributed by atoms with Gasteiger partial charge in [-0.05, 0) is 75.1 Å². The van der Waals surface area contributed by atoms with Crippen molar-refractivity contribution in [3.8, 4) is 11.5 Å². The number of hydrogen-bond acceptors (Lipinski definition) is 3. The van der Waals surface area contributed by atoms with E-state index in [0.717, 1.165) is 24.6 Å². The average molecular weight is 462 g/mol. The van der Waals surface area contributed by atoms with Crippen molar-refractivity contribution in [2.45, 2.75) is 12.8 Å². The van der Waals surface area contributed by atoms with E-state index in [-0.39, 0.29) is 5.92 Å². The SMILES string of the molecule is CCNCCOc1ccc(C(c2ccc(OC)cc2)c2cc3ccccc3c3ccccc23)cc1. The van der Waals surface area contributed by atoms with E-state index in [1.165, 1.54) is 38.2 Å². The molecular formula is C32H31NO2. The van der Waals surface area contributed by atoms with E-state index in [2.05, 4.69) is 103 Å². The maximum absolute atomic E-state index is 5.93. The molecule has 0 aliphatic carbocycles. The highest BCUT2D eigenvalue weighted by Crippen LogP contribution is 2.40. The van der Waals surface area contributed by atoms with Crippen LogP contribution < -0.4 is 14.8 Å². The van der Waals surface area contributed by atoms with Gasteiger partial charge in [-0.3, -0.25) is 0 Å². The summed E-state index contributed by atoms with van der Waals surface area (Å²) in [6, 6.07) is 36.7. The molecule has 5 aromatic carbocycles. The van der Waals surface area contributed by atoms with Gasteiger partial charge in [0.15, 0.2) is 0 Å². The van der Waals surface area contributed by atoms with E-state index in [9.17, 15) is 0 Å². The highest BCUT2D eigenvalue weighted by molar-refractivity contribution is 6.09. The minimum Gasteiger partial charge on any atom is -0.497 e. The zero-order chi connectivity index (χ0) is 24.0. The number of fused-ring (bicyclic) bond motifs is 3. The Morgan fingerprint density at radius 1 is 0.686 bits per heavy atom. The molecule has 1 N–H and O–H groups in total. The Bertz CT molecular complexity index is 1410.